The van der Waals surface area contributed by atoms with E-state index in [-0.39, 0.29) is 37.1 Å². The Morgan fingerprint density at radius 3 is 2.93 bits per heavy atom. The molecule has 4 aliphatic rings. The van der Waals surface area contributed by atoms with Crippen molar-refractivity contribution in [2.24, 2.45) is 11.8 Å². The molecule has 4 bridgehead atoms. The van der Waals surface area contributed by atoms with Crippen molar-refractivity contribution in [2.45, 2.75) is 31.2 Å². The van der Waals surface area contributed by atoms with Gasteiger partial charge in [-0.25, -0.2) is 4.79 Å². The van der Waals surface area contributed by atoms with Crippen LogP contribution < -0.4 is 0 Å². The number of hydrogen-bond acceptors (Lipinski definition) is 5. The van der Waals surface area contributed by atoms with Gasteiger partial charge in [-0.05, 0) is 36.8 Å². The monoisotopic (exact) mass is 391 g/mol. The SMILES string of the molecule is C=CCOC(=O)N1C2C=CC(=O)C=C2C2C3[C@@H](C)OCO[C@@H]2C#C/C=C\C#C[C@@H]31. The summed E-state index contributed by atoms with van der Waals surface area (Å²) in [5.74, 6) is 11.7. The van der Waals surface area contributed by atoms with Gasteiger partial charge < -0.3 is 14.2 Å². The minimum atomic E-state index is -0.515. The summed E-state index contributed by atoms with van der Waals surface area (Å²) in [6.07, 6.45) is 8.33. The topological polar surface area (TPSA) is 65.1 Å². The molecule has 0 saturated carbocycles. The molecular weight excluding hydrogens is 370 g/mol. The van der Waals surface area contributed by atoms with E-state index in [1.54, 1.807) is 29.2 Å². The second-order valence-electron chi connectivity index (χ2n) is 7.16. The quantitative estimate of drug-likeness (QED) is 0.532. The summed E-state index contributed by atoms with van der Waals surface area (Å²) < 4.78 is 17.1. The molecule has 6 atom stereocenters. The van der Waals surface area contributed by atoms with Gasteiger partial charge in [-0.2, -0.15) is 0 Å². The van der Waals surface area contributed by atoms with Gasteiger partial charge in [0.1, 0.15) is 25.5 Å². The van der Waals surface area contributed by atoms with E-state index in [0.29, 0.717) is 0 Å². The summed E-state index contributed by atoms with van der Waals surface area (Å²) in [6.45, 7) is 5.70. The van der Waals surface area contributed by atoms with E-state index in [1.807, 2.05) is 6.92 Å². The summed E-state index contributed by atoms with van der Waals surface area (Å²) >= 11 is 0. The van der Waals surface area contributed by atoms with Gasteiger partial charge in [0.15, 0.2) is 5.78 Å². The largest absolute Gasteiger partial charge is 0.445 e. The van der Waals surface area contributed by atoms with Crippen LogP contribution in [0.2, 0.25) is 0 Å². The number of nitrogens with zero attached hydrogens (tertiary/aromatic N) is 1. The minimum absolute atomic E-state index is 0.0834. The summed E-state index contributed by atoms with van der Waals surface area (Å²) in [4.78, 5) is 26.9. The molecule has 0 radical (unpaired) electrons. The molecular formula is C23H21NO5. The minimum Gasteiger partial charge on any atom is -0.445 e. The molecule has 0 N–H and O–H groups in total. The van der Waals surface area contributed by atoms with Crippen molar-refractivity contribution in [3.8, 4) is 23.7 Å². The number of ketones is 1. The molecule has 2 heterocycles. The molecule has 148 valence electrons. The highest BCUT2D eigenvalue weighted by Gasteiger charge is 2.53. The molecule has 0 aromatic rings. The average Bonchev–Trinajstić information content (AvgIpc) is 2.86. The van der Waals surface area contributed by atoms with Crippen molar-refractivity contribution in [3.63, 3.8) is 0 Å². The second kappa shape index (κ2) is 8.13. The Balaban J connectivity index is 1.90. The predicted molar refractivity (Wildman–Crippen MR) is 105 cm³/mol. The number of allylic oxidation sites excluding steroid dienone is 4. The standard InChI is InChI=1S/C23H21NO5/c1-3-12-27-23(26)24-18-11-10-16(25)13-17(18)22-20-9-7-5-4-6-8-19(24)21(22)15(2)28-14-29-20/h3-5,10-11,13,15,18-22H,1,12,14H2,2H3/b5-4-/t15-,18?,19+,20-,21?,22?/m1/s1. The fourth-order valence-electron chi connectivity index (χ4n) is 4.35. The Labute approximate surface area is 169 Å². The highest BCUT2D eigenvalue weighted by atomic mass is 16.7. The van der Waals surface area contributed by atoms with Crippen LogP contribution in [0, 0.1) is 35.5 Å². The Kier molecular flexibility index (Phi) is 5.40. The van der Waals surface area contributed by atoms with Crippen molar-refractivity contribution in [3.05, 3.63) is 48.6 Å². The second-order valence-corrected chi connectivity index (χ2v) is 7.16. The molecule has 1 amide bonds. The van der Waals surface area contributed by atoms with Crippen LogP contribution in [0.25, 0.3) is 0 Å². The van der Waals surface area contributed by atoms with Crippen molar-refractivity contribution in [1.82, 2.24) is 4.90 Å². The number of likely N-dealkylation sites (tertiary alicyclic amines) is 1. The van der Waals surface area contributed by atoms with E-state index in [4.69, 9.17) is 14.2 Å². The summed E-state index contributed by atoms with van der Waals surface area (Å²) in [5.41, 5.74) is 0.775. The van der Waals surface area contributed by atoms with Crippen LogP contribution in [-0.2, 0) is 19.0 Å². The van der Waals surface area contributed by atoms with Gasteiger partial charge >= 0.3 is 6.09 Å². The number of fused-ring (bicyclic) bond motifs is 1. The lowest BCUT2D eigenvalue weighted by atomic mass is 9.67. The predicted octanol–water partition coefficient (Wildman–Crippen LogP) is 2.00. The molecule has 2 saturated heterocycles. The zero-order valence-corrected chi connectivity index (χ0v) is 16.0. The van der Waals surface area contributed by atoms with E-state index >= 15 is 0 Å². The highest BCUT2D eigenvalue weighted by Crippen LogP contribution is 2.45. The van der Waals surface area contributed by atoms with E-state index in [9.17, 15) is 9.59 Å². The molecule has 4 rings (SSSR count). The first-order valence-electron chi connectivity index (χ1n) is 9.52. The summed E-state index contributed by atoms with van der Waals surface area (Å²) in [6, 6.07) is -0.965. The Hall–Kier alpha value is -3.06. The maximum Gasteiger partial charge on any atom is 0.411 e. The van der Waals surface area contributed by atoms with Crippen LogP contribution in [-0.4, -0.2) is 54.5 Å². The maximum absolute atomic E-state index is 13.0. The van der Waals surface area contributed by atoms with Crippen LogP contribution >= 0.6 is 0 Å². The Morgan fingerprint density at radius 2 is 2.14 bits per heavy atom. The van der Waals surface area contributed by atoms with Crippen molar-refractivity contribution < 1.29 is 23.8 Å². The lowest BCUT2D eigenvalue weighted by Crippen LogP contribution is -2.61. The molecule has 2 aliphatic carbocycles. The van der Waals surface area contributed by atoms with Crippen LogP contribution in [0.1, 0.15) is 6.92 Å². The maximum atomic E-state index is 13.0. The fourth-order valence-corrected chi connectivity index (χ4v) is 4.35. The zero-order chi connectivity index (χ0) is 20.4. The zero-order valence-electron chi connectivity index (χ0n) is 16.0. The molecule has 6 nitrogen and oxygen atoms in total. The third kappa shape index (κ3) is 3.53. The van der Waals surface area contributed by atoms with Crippen LogP contribution in [0.4, 0.5) is 4.79 Å². The Morgan fingerprint density at radius 1 is 1.34 bits per heavy atom. The molecule has 2 aliphatic heterocycles. The van der Waals surface area contributed by atoms with E-state index in [0.717, 1.165) is 5.57 Å². The van der Waals surface area contributed by atoms with Gasteiger partial charge in [0.2, 0.25) is 0 Å². The van der Waals surface area contributed by atoms with E-state index in [2.05, 4.69) is 30.3 Å². The normalized spacial score (nSPS) is 35.4. The number of ether oxygens (including phenoxy) is 3. The first-order valence-corrected chi connectivity index (χ1v) is 9.52. The molecule has 2 fully saturated rings. The Bertz CT molecular complexity index is 938. The average molecular weight is 391 g/mol. The molecule has 0 aromatic carbocycles. The lowest BCUT2D eigenvalue weighted by Gasteiger charge is -2.50. The van der Waals surface area contributed by atoms with Gasteiger partial charge in [0.05, 0.1) is 12.1 Å². The van der Waals surface area contributed by atoms with E-state index < -0.39 is 24.3 Å². The molecule has 3 unspecified atom stereocenters. The smallest absolute Gasteiger partial charge is 0.411 e. The van der Waals surface area contributed by atoms with Gasteiger partial charge in [-0.15, -0.1) is 0 Å². The lowest BCUT2D eigenvalue weighted by molar-refractivity contribution is -0.110. The molecule has 29 heavy (non-hydrogen) atoms. The number of carbonyl (C=O) groups excluding carboxylic acids is 2. The number of piperidine rings is 1. The fraction of sp³-hybridized carbons (Fsp3) is 0.391. The van der Waals surface area contributed by atoms with Crippen LogP contribution in [0.3, 0.4) is 0 Å². The van der Waals surface area contributed by atoms with Crippen LogP contribution in [0.5, 0.6) is 0 Å². The van der Waals surface area contributed by atoms with E-state index in [1.165, 1.54) is 12.2 Å². The molecule has 6 heteroatoms. The van der Waals surface area contributed by atoms with Gasteiger partial charge in [-0.1, -0.05) is 42.4 Å². The first kappa shape index (κ1) is 19.3. The van der Waals surface area contributed by atoms with Crippen molar-refractivity contribution >= 4 is 11.9 Å². The number of amides is 1. The van der Waals surface area contributed by atoms with Gasteiger partial charge in [0.25, 0.3) is 0 Å². The van der Waals surface area contributed by atoms with Gasteiger partial charge in [0, 0.05) is 11.8 Å². The van der Waals surface area contributed by atoms with Crippen molar-refractivity contribution in [1.29, 1.82) is 0 Å². The third-order valence-corrected chi connectivity index (χ3v) is 5.55. The molecule has 0 spiro atoms. The highest BCUT2D eigenvalue weighted by molar-refractivity contribution is 6.01. The van der Waals surface area contributed by atoms with Gasteiger partial charge in [-0.3, -0.25) is 9.69 Å². The molecule has 0 aromatic heterocycles. The summed E-state index contributed by atoms with van der Waals surface area (Å²) in [7, 11) is 0. The number of hydrogen-bond donors (Lipinski definition) is 0. The number of carbonyl (C=O) groups is 2. The first-order chi connectivity index (χ1) is 14.1. The number of rotatable bonds is 2. The van der Waals surface area contributed by atoms with Crippen LogP contribution in [0.15, 0.2) is 48.6 Å². The summed E-state index contributed by atoms with van der Waals surface area (Å²) in [5, 5.41) is 0. The van der Waals surface area contributed by atoms with Crippen molar-refractivity contribution in [2.75, 3.05) is 13.4 Å². The third-order valence-electron chi connectivity index (χ3n) is 5.55.